The van der Waals surface area contributed by atoms with Crippen LogP contribution in [-0.4, -0.2) is 7.05 Å². The molecule has 0 aliphatic heterocycles. The summed E-state index contributed by atoms with van der Waals surface area (Å²) in [6.45, 7) is 0. The van der Waals surface area contributed by atoms with E-state index >= 15 is 0 Å². The topological polar surface area (TPSA) is 12.0 Å². The van der Waals surface area contributed by atoms with E-state index in [2.05, 4.69) is 51.6 Å². The highest BCUT2D eigenvalue weighted by Crippen LogP contribution is 2.27. The third-order valence-corrected chi connectivity index (χ3v) is 4.32. The molecule has 0 saturated heterocycles. The number of hydrogen-bond donors (Lipinski definition) is 1. The van der Waals surface area contributed by atoms with E-state index in [-0.39, 0.29) is 11.9 Å². The first kappa shape index (κ1) is 14.2. The van der Waals surface area contributed by atoms with E-state index in [1.165, 1.54) is 10.8 Å². The third-order valence-electron chi connectivity index (χ3n) is 3.67. The van der Waals surface area contributed by atoms with Crippen molar-refractivity contribution in [2.75, 3.05) is 7.05 Å². The lowest BCUT2D eigenvalue weighted by molar-refractivity contribution is 0.610. The Morgan fingerprint density at radius 3 is 2.29 bits per heavy atom. The summed E-state index contributed by atoms with van der Waals surface area (Å²) in [6.07, 6.45) is 0. The lowest BCUT2D eigenvalue weighted by atomic mass is 9.96. The highest BCUT2D eigenvalue weighted by molar-refractivity contribution is 9.10. The molecule has 0 aliphatic carbocycles. The molecule has 3 aromatic carbocycles. The number of hydrogen-bond acceptors (Lipinski definition) is 1. The van der Waals surface area contributed by atoms with E-state index in [1.54, 1.807) is 12.1 Å². The molecule has 0 bridgehead atoms. The van der Waals surface area contributed by atoms with Crippen LogP contribution in [-0.2, 0) is 0 Å². The summed E-state index contributed by atoms with van der Waals surface area (Å²) in [7, 11) is 1.89. The Labute approximate surface area is 131 Å². The van der Waals surface area contributed by atoms with Gasteiger partial charge in [-0.2, -0.15) is 0 Å². The number of rotatable bonds is 3. The first-order valence-electron chi connectivity index (χ1n) is 6.80. The van der Waals surface area contributed by atoms with Crippen LogP contribution >= 0.6 is 15.9 Å². The van der Waals surface area contributed by atoms with Crippen molar-refractivity contribution in [3.05, 3.63) is 82.1 Å². The van der Waals surface area contributed by atoms with Gasteiger partial charge in [-0.3, -0.25) is 0 Å². The van der Waals surface area contributed by atoms with Crippen LogP contribution in [0.4, 0.5) is 4.39 Å². The van der Waals surface area contributed by atoms with Crippen molar-refractivity contribution >= 4 is 26.7 Å². The molecule has 21 heavy (non-hydrogen) atoms. The van der Waals surface area contributed by atoms with Crippen molar-refractivity contribution in [3.8, 4) is 0 Å². The normalized spacial score (nSPS) is 12.5. The van der Waals surface area contributed by atoms with Gasteiger partial charge in [0.05, 0.1) is 10.5 Å². The summed E-state index contributed by atoms with van der Waals surface area (Å²) in [5, 5.41) is 5.66. The fourth-order valence-electron chi connectivity index (χ4n) is 2.61. The lowest BCUT2D eigenvalue weighted by Crippen LogP contribution is -2.17. The second kappa shape index (κ2) is 5.96. The molecular formula is C18H15BrFN. The molecule has 1 atom stereocenters. The molecule has 0 radical (unpaired) electrons. The van der Waals surface area contributed by atoms with Crippen LogP contribution in [0.15, 0.2) is 65.1 Å². The lowest BCUT2D eigenvalue weighted by Gasteiger charge is -2.18. The van der Waals surface area contributed by atoms with Crippen LogP contribution in [0.2, 0.25) is 0 Å². The van der Waals surface area contributed by atoms with Gasteiger partial charge < -0.3 is 5.32 Å². The highest BCUT2D eigenvalue weighted by Gasteiger charge is 2.14. The first-order valence-corrected chi connectivity index (χ1v) is 7.59. The molecule has 0 spiro atoms. The Morgan fingerprint density at radius 1 is 0.905 bits per heavy atom. The van der Waals surface area contributed by atoms with E-state index < -0.39 is 0 Å². The van der Waals surface area contributed by atoms with E-state index in [9.17, 15) is 4.39 Å². The van der Waals surface area contributed by atoms with E-state index in [0.29, 0.717) is 4.47 Å². The van der Waals surface area contributed by atoms with Crippen molar-refractivity contribution in [3.63, 3.8) is 0 Å². The van der Waals surface area contributed by atoms with Gasteiger partial charge in [-0.1, -0.05) is 42.5 Å². The Kier molecular flexibility index (Phi) is 4.04. The van der Waals surface area contributed by atoms with Gasteiger partial charge >= 0.3 is 0 Å². The molecule has 3 aromatic rings. The minimum atomic E-state index is -0.242. The van der Waals surface area contributed by atoms with Gasteiger partial charge in [0.25, 0.3) is 0 Å². The smallest absolute Gasteiger partial charge is 0.137 e. The summed E-state index contributed by atoms with van der Waals surface area (Å²) in [5.41, 5.74) is 2.03. The monoisotopic (exact) mass is 343 g/mol. The molecule has 0 heterocycles. The Balaban J connectivity index is 2.06. The Hall–Kier alpha value is -1.71. The standard InChI is InChI=1S/C18H15BrFN/c1-21-18(15-8-9-16(19)17(20)11-15)14-7-6-12-4-2-3-5-13(12)10-14/h2-11,18,21H,1H3. The quantitative estimate of drug-likeness (QED) is 0.701. The number of benzene rings is 3. The van der Waals surface area contributed by atoms with Crippen molar-refractivity contribution in [1.29, 1.82) is 0 Å². The molecule has 3 heteroatoms. The second-order valence-corrected chi connectivity index (χ2v) is 5.86. The van der Waals surface area contributed by atoms with Gasteiger partial charge in [0.15, 0.2) is 0 Å². The zero-order valence-corrected chi connectivity index (χ0v) is 13.2. The highest BCUT2D eigenvalue weighted by atomic mass is 79.9. The molecule has 1 N–H and O–H groups in total. The van der Waals surface area contributed by atoms with Crippen molar-refractivity contribution in [2.45, 2.75) is 6.04 Å². The number of halogens is 2. The van der Waals surface area contributed by atoms with Gasteiger partial charge in [-0.05, 0) is 63.1 Å². The summed E-state index contributed by atoms with van der Waals surface area (Å²) in [4.78, 5) is 0. The first-order chi connectivity index (χ1) is 10.2. The van der Waals surface area contributed by atoms with Crippen LogP contribution in [0.25, 0.3) is 10.8 Å². The van der Waals surface area contributed by atoms with Crippen molar-refractivity contribution < 1.29 is 4.39 Å². The van der Waals surface area contributed by atoms with Gasteiger partial charge in [0.2, 0.25) is 0 Å². The fraction of sp³-hybridized carbons (Fsp3) is 0.111. The zero-order chi connectivity index (χ0) is 14.8. The third kappa shape index (κ3) is 2.85. The largest absolute Gasteiger partial charge is 0.309 e. The minimum Gasteiger partial charge on any atom is -0.309 e. The number of nitrogens with one attached hydrogen (secondary N) is 1. The van der Waals surface area contributed by atoms with Gasteiger partial charge in [0, 0.05) is 0 Å². The van der Waals surface area contributed by atoms with Crippen LogP contribution < -0.4 is 5.32 Å². The summed E-state index contributed by atoms with van der Waals surface area (Å²) >= 11 is 3.19. The maximum absolute atomic E-state index is 13.8. The number of fused-ring (bicyclic) bond motifs is 1. The predicted molar refractivity (Wildman–Crippen MR) is 89.0 cm³/mol. The van der Waals surface area contributed by atoms with Crippen molar-refractivity contribution in [2.24, 2.45) is 0 Å². The van der Waals surface area contributed by atoms with Crippen LogP contribution in [0.1, 0.15) is 17.2 Å². The van der Waals surface area contributed by atoms with E-state index in [4.69, 9.17) is 0 Å². The van der Waals surface area contributed by atoms with Crippen LogP contribution in [0.3, 0.4) is 0 Å². The molecule has 0 amide bonds. The van der Waals surface area contributed by atoms with Crippen LogP contribution in [0.5, 0.6) is 0 Å². The summed E-state index contributed by atoms with van der Waals surface area (Å²) < 4.78 is 14.3. The average Bonchev–Trinajstić information content (AvgIpc) is 2.51. The molecule has 3 rings (SSSR count). The molecule has 0 aromatic heterocycles. The fourth-order valence-corrected chi connectivity index (χ4v) is 2.85. The van der Waals surface area contributed by atoms with Crippen LogP contribution in [0, 0.1) is 5.82 Å². The van der Waals surface area contributed by atoms with Gasteiger partial charge in [-0.25, -0.2) is 4.39 Å². The minimum absolute atomic E-state index is 0.0304. The second-order valence-electron chi connectivity index (χ2n) is 5.00. The van der Waals surface area contributed by atoms with Gasteiger partial charge in [0.1, 0.15) is 5.82 Å². The van der Waals surface area contributed by atoms with Gasteiger partial charge in [-0.15, -0.1) is 0 Å². The van der Waals surface area contributed by atoms with E-state index in [0.717, 1.165) is 11.1 Å². The Bertz CT molecular complexity index is 785. The Morgan fingerprint density at radius 2 is 1.57 bits per heavy atom. The van der Waals surface area contributed by atoms with E-state index in [1.807, 2.05) is 25.2 Å². The molecular weight excluding hydrogens is 329 g/mol. The molecule has 1 unspecified atom stereocenters. The molecule has 106 valence electrons. The molecule has 0 aliphatic rings. The SMILES string of the molecule is CNC(c1ccc(Br)c(F)c1)c1ccc2ccccc2c1. The maximum atomic E-state index is 13.8. The average molecular weight is 344 g/mol. The summed E-state index contributed by atoms with van der Waals surface area (Å²) in [5.74, 6) is -0.242. The summed E-state index contributed by atoms with van der Waals surface area (Å²) in [6, 6.07) is 19.8. The molecule has 1 nitrogen and oxygen atoms in total. The predicted octanol–water partition coefficient (Wildman–Crippen LogP) is 5.05. The molecule has 0 fully saturated rings. The maximum Gasteiger partial charge on any atom is 0.137 e. The zero-order valence-electron chi connectivity index (χ0n) is 11.6. The van der Waals surface area contributed by atoms with Crippen molar-refractivity contribution in [1.82, 2.24) is 5.32 Å². The molecule has 0 saturated carbocycles.